The molecular weight excluding hydrogens is 336 g/mol. The Labute approximate surface area is 154 Å². The van der Waals surface area contributed by atoms with Crippen LogP contribution in [-0.4, -0.2) is 42.8 Å². The Hall–Kier alpha value is -1.89. The van der Waals surface area contributed by atoms with Gasteiger partial charge in [-0.05, 0) is 50.1 Å². The number of hydrogen-bond donors (Lipinski definition) is 3. The zero-order valence-corrected chi connectivity index (χ0v) is 16.0. The van der Waals surface area contributed by atoms with Crippen LogP contribution in [0, 0.1) is 0 Å². The largest absolute Gasteiger partial charge is 0.453 e. The summed E-state index contributed by atoms with van der Waals surface area (Å²) in [6, 6.07) is 7.59. The van der Waals surface area contributed by atoms with Gasteiger partial charge in [-0.2, -0.15) is 11.8 Å². The number of nitrogens with zero attached hydrogens (tertiary/aromatic N) is 1. The average molecular weight is 365 g/mol. The van der Waals surface area contributed by atoms with Gasteiger partial charge in [0.15, 0.2) is 5.96 Å². The van der Waals surface area contributed by atoms with Crippen molar-refractivity contribution in [3.05, 3.63) is 29.8 Å². The van der Waals surface area contributed by atoms with Crippen molar-refractivity contribution >= 4 is 29.5 Å². The molecule has 1 aromatic rings. The van der Waals surface area contributed by atoms with Crippen molar-refractivity contribution in [2.24, 2.45) is 4.99 Å². The fourth-order valence-corrected chi connectivity index (χ4v) is 3.87. The maximum absolute atomic E-state index is 11.2. The van der Waals surface area contributed by atoms with Gasteiger partial charge < -0.3 is 15.4 Å². The molecule has 1 heterocycles. The molecule has 1 fully saturated rings. The van der Waals surface area contributed by atoms with Crippen LogP contribution in [0.3, 0.4) is 0 Å². The molecule has 1 atom stereocenters. The molecule has 1 aromatic carbocycles. The highest BCUT2D eigenvalue weighted by molar-refractivity contribution is 8.00. The molecule has 0 bridgehead atoms. The van der Waals surface area contributed by atoms with Crippen LogP contribution in [0.4, 0.5) is 10.5 Å². The molecule has 1 saturated heterocycles. The summed E-state index contributed by atoms with van der Waals surface area (Å²) < 4.78 is 4.88. The average Bonchev–Trinajstić information content (AvgIpc) is 3.05. The monoisotopic (exact) mass is 364 g/mol. The molecule has 0 aliphatic carbocycles. The molecular formula is C18H28N4O2S. The standard InChI is InChI=1S/C18H28N4O2S/c1-4-19-16(21-13-18(2)10-5-11-25-18)20-12-14-6-8-15(9-7-14)22-17(23)24-3/h6-9H,4-5,10-13H2,1-3H3,(H,22,23)(H2,19,20,21). The van der Waals surface area contributed by atoms with Crippen molar-refractivity contribution in [2.75, 3.05) is 31.3 Å². The summed E-state index contributed by atoms with van der Waals surface area (Å²) in [7, 11) is 1.35. The number of anilines is 1. The van der Waals surface area contributed by atoms with Crippen molar-refractivity contribution in [3.63, 3.8) is 0 Å². The number of carbonyl (C=O) groups is 1. The Balaban J connectivity index is 1.90. The summed E-state index contributed by atoms with van der Waals surface area (Å²) in [4.78, 5) is 15.8. The van der Waals surface area contributed by atoms with Gasteiger partial charge in [-0.25, -0.2) is 9.79 Å². The van der Waals surface area contributed by atoms with E-state index in [4.69, 9.17) is 0 Å². The van der Waals surface area contributed by atoms with Gasteiger partial charge in [0.05, 0.1) is 13.7 Å². The third-order valence-electron chi connectivity index (χ3n) is 4.08. The molecule has 1 amide bonds. The smallest absolute Gasteiger partial charge is 0.411 e. The summed E-state index contributed by atoms with van der Waals surface area (Å²) in [5, 5.41) is 9.39. The second kappa shape index (κ2) is 9.56. The Morgan fingerprint density at radius 3 is 2.68 bits per heavy atom. The number of guanidine groups is 1. The fraction of sp³-hybridized carbons (Fsp3) is 0.556. The Morgan fingerprint density at radius 2 is 2.08 bits per heavy atom. The summed E-state index contributed by atoms with van der Waals surface area (Å²) in [5.41, 5.74) is 1.78. The third-order valence-corrected chi connectivity index (χ3v) is 5.62. The van der Waals surface area contributed by atoms with Gasteiger partial charge in [-0.3, -0.25) is 5.32 Å². The van der Waals surface area contributed by atoms with E-state index in [0.717, 1.165) is 24.6 Å². The maximum Gasteiger partial charge on any atom is 0.411 e. The Morgan fingerprint density at radius 1 is 1.32 bits per heavy atom. The summed E-state index contributed by atoms with van der Waals surface area (Å²) >= 11 is 2.04. The second-order valence-electron chi connectivity index (χ2n) is 6.26. The Kier molecular flexibility index (Phi) is 7.43. The Bertz CT molecular complexity index is 583. The molecule has 0 aromatic heterocycles. The van der Waals surface area contributed by atoms with Crippen LogP contribution in [-0.2, 0) is 11.3 Å². The van der Waals surface area contributed by atoms with Crippen molar-refractivity contribution in [3.8, 4) is 0 Å². The van der Waals surface area contributed by atoms with E-state index in [1.807, 2.05) is 36.0 Å². The third kappa shape index (κ3) is 6.49. The van der Waals surface area contributed by atoms with Gasteiger partial charge in [0.2, 0.25) is 0 Å². The molecule has 0 saturated carbocycles. The first-order chi connectivity index (χ1) is 12.0. The number of benzene rings is 1. The van der Waals surface area contributed by atoms with E-state index in [2.05, 4.69) is 39.5 Å². The number of aliphatic imine (C=N–C) groups is 1. The van der Waals surface area contributed by atoms with Crippen LogP contribution in [0.5, 0.6) is 0 Å². The number of ether oxygens (including phenoxy) is 1. The topological polar surface area (TPSA) is 74.8 Å². The number of methoxy groups -OCH3 is 1. The first kappa shape index (κ1) is 19.4. The SMILES string of the molecule is CCNC(=NCc1ccc(NC(=O)OC)cc1)NCC1(C)CCCS1. The first-order valence-corrected chi connectivity index (χ1v) is 9.63. The lowest BCUT2D eigenvalue weighted by atomic mass is 10.1. The van der Waals surface area contributed by atoms with Crippen molar-refractivity contribution in [1.82, 2.24) is 10.6 Å². The summed E-state index contributed by atoms with van der Waals surface area (Å²) in [5.74, 6) is 2.09. The minimum absolute atomic E-state index is 0.303. The van der Waals surface area contributed by atoms with Gasteiger partial charge in [-0.1, -0.05) is 12.1 Å². The minimum atomic E-state index is -0.470. The summed E-state index contributed by atoms with van der Waals surface area (Å²) in [6.45, 7) is 6.71. The lowest BCUT2D eigenvalue weighted by Gasteiger charge is -2.24. The van der Waals surface area contributed by atoms with Crippen molar-refractivity contribution < 1.29 is 9.53 Å². The van der Waals surface area contributed by atoms with Crippen LogP contribution in [0.25, 0.3) is 0 Å². The van der Waals surface area contributed by atoms with Crippen LogP contribution < -0.4 is 16.0 Å². The first-order valence-electron chi connectivity index (χ1n) is 8.65. The van der Waals surface area contributed by atoms with E-state index in [0.29, 0.717) is 17.0 Å². The molecule has 0 spiro atoms. The van der Waals surface area contributed by atoms with Crippen LogP contribution in [0.2, 0.25) is 0 Å². The maximum atomic E-state index is 11.2. The number of amides is 1. The minimum Gasteiger partial charge on any atom is -0.453 e. The van der Waals surface area contributed by atoms with Gasteiger partial charge in [0.25, 0.3) is 0 Å². The lowest BCUT2D eigenvalue weighted by Crippen LogP contribution is -2.43. The molecule has 7 heteroatoms. The molecule has 25 heavy (non-hydrogen) atoms. The molecule has 0 radical (unpaired) electrons. The van der Waals surface area contributed by atoms with E-state index >= 15 is 0 Å². The number of nitrogens with one attached hydrogen (secondary N) is 3. The fourth-order valence-electron chi connectivity index (χ4n) is 2.62. The predicted octanol–water partition coefficient (Wildman–Crippen LogP) is 3.21. The molecule has 1 aliphatic heterocycles. The number of rotatable bonds is 6. The summed E-state index contributed by atoms with van der Waals surface area (Å²) in [6.07, 6.45) is 2.07. The van der Waals surface area contributed by atoms with Crippen molar-refractivity contribution in [1.29, 1.82) is 0 Å². The van der Waals surface area contributed by atoms with Gasteiger partial charge in [-0.15, -0.1) is 0 Å². The quantitative estimate of drug-likeness (QED) is 0.534. The molecule has 3 N–H and O–H groups in total. The number of thioether (sulfide) groups is 1. The van der Waals surface area contributed by atoms with E-state index in [9.17, 15) is 4.79 Å². The normalized spacial score (nSPS) is 20.2. The zero-order valence-electron chi connectivity index (χ0n) is 15.2. The van der Waals surface area contributed by atoms with E-state index in [1.54, 1.807) is 0 Å². The van der Waals surface area contributed by atoms with Gasteiger partial charge >= 0.3 is 6.09 Å². The van der Waals surface area contributed by atoms with E-state index < -0.39 is 6.09 Å². The van der Waals surface area contributed by atoms with Gasteiger partial charge in [0, 0.05) is 23.5 Å². The highest BCUT2D eigenvalue weighted by Gasteiger charge is 2.29. The van der Waals surface area contributed by atoms with Crippen molar-refractivity contribution in [2.45, 2.75) is 38.0 Å². The molecule has 6 nitrogen and oxygen atoms in total. The molecule has 1 unspecified atom stereocenters. The second-order valence-corrected chi connectivity index (χ2v) is 7.95. The van der Waals surface area contributed by atoms with Gasteiger partial charge in [0.1, 0.15) is 0 Å². The molecule has 1 aliphatic rings. The van der Waals surface area contributed by atoms with Crippen LogP contribution in [0.15, 0.2) is 29.3 Å². The van der Waals surface area contributed by atoms with E-state index in [1.165, 1.54) is 25.7 Å². The highest BCUT2D eigenvalue weighted by Crippen LogP contribution is 2.36. The lowest BCUT2D eigenvalue weighted by molar-refractivity contribution is 0.187. The zero-order chi connectivity index (χ0) is 18.1. The molecule has 138 valence electrons. The molecule has 2 rings (SSSR count). The van der Waals surface area contributed by atoms with Crippen LogP contribution in [0.1, 0.15) is 32.3 Å². The van der Waals surface area contributed by atoms with Crippen LogP contribution >= 0.6 is 11.8 Å². The predicted molar refractivity (Wildman–Crippen MR) is 105 cm³/mol. The van der Waals surface area contributed by atoms with E-state index in [-0.39, 0.29) is 0 Å². The number of hydrogen-bond acceptors (Lipinski definition) is 4. The number of carbonyl (C=O) groups excluding carboxylic acids is 1. The highest BCUT2D eigenvalue weighted by atomic mass is 32.2.